The Bertz CT molecular complexity index is 564. The average Bonchev–Trinajstić information content (AvgIpc) is 2.44. The van der Waals surface area contributed by atoms with Crippen molar-refractivity contribution in [2.45, 2.75) is 26.2 Å². The molecule has 0 heterocycles. The van der Waals surface area contributed by atoms with Gasteiger partial charge < -0.3 is 14.8 Å². The number of nitrogens with one attached hydrogen (secondary N) is 1. The van der Waals surface area contributed by atoms with Crippen LogP contribution in [0.4, 0.5) is 5.69 Å². The number of hydrogen-bond donors (Lipinski definition) is 1. The van der Waals surface area contributed by atoms with Crippen LogP contribution in [-0.4, -0.2) is 38.2 Å². The van der Waals surface area contributed by atoms with Crippen molar-refractivity contribution in [3.05, 3.63) is 33.4 Å². The van der Waals surface area contributed by atoms with E-state index in [2.05, 4.69) is 5.32 Å². The summed E-state index contributed by atoms with van der Waals surface area (Å²) < 4.78 is 9.97. The van der Waals surface area contributed by atoms with Gasteiger partial charge in [0.2, 0.25) is 5.75 Å². The number of rotatable bonds is 6. The molecular weight excluding hydrogens is 288 g/mol. The second-order valence-electron chi connectivity index (χ2n) is 5.83. The first kappa shape index (κ1) is 17.9. The van der Waals surface area contributed by atoms with Crippen LogP contribution in [0, 0.1) is 10.1 Å². The van der Waals surface area contributed by atoms with Crippen LogP contribution >= 0.6 is 0 Å². The van der Waals surface area contributed by atoms with Gasteiger partial charge >= 0.3 is 5.69 Å². The van der Waals surface area contributed by atoms with Crippen molar-refractivity contribution >= 4 is 11.6 Å². The van der Waals surface area contributed by atoms with Crippen LogP contribution in [0.2, 0.25) is 0 Å². The topological polar surface area (TPSA) is 90.7 Å². The number of hydrogen-bond acceptors (Lipinski definition) is 5. The Labute approximate surface area is 129 Å². The first-order chi connectivity index (χ1) is 10.2. The molecule has 1 amide bonds. The molecule has 1 aromatic rings. The molecule has 0 bridgehead atoms. The molecule has 0 saturated carbocycles. The van der Waals surface area contributed by atoms with Crippen molar-refractivity contribution in [3.63, 3.8) is 0 Å². The van der Waals surface area contributed by atoms with Gasteiger partial charge in [-0.1, -0.05) is 20.8 Å². The number of nitrogens with zero attached hydrogens (tertiary/aromatic N) is 1. The van der Waals surface area contributed by atoms with Crippen LogP contribution in [0.5, 0.6) is 5.75 Å². The molecule has 7 nitrogen and oxygen atoms in total. The summed E-state index contributed by atoms with van der Waals surface area (Å²) >= 11 is 0. The first-order valence-corrected chi connectivity index (χ1v) is 6.86. The first-order valence-electron chi connectivity index (χ1n) is 6.86. The lowest BCUT2D eigenvalue weighted by atomic mass is 9.85. The van der Waals surface area contributed by atoms with Crippen molar-refractivity contribution in [2.24, 2.45) is 0 Å². The highest BCUT2D eigenvalue weighted by Gasteiger charge is 2.27. The Morgan fingerprint density at radius 3 is 2.41 bits per heavy atom. The van der Waals surface area contributed by atoms with Gasteiger partial charge in [-0.3, -0.25) is 14.9 Å². The zero-order valence-corrected chi connectivity index (χ0v) is 13.6. The summed E-state index contributed by atoms with van der Waals surface area (Å²) in [7, 11) is 2.84. The second-order valence-corrected chi connectivity index (χ2v) is 5.83. The molecule has 7 heteroatoms. The molecule has 0 spiro atoms. The van der Waals surface area contributed by atoms with Crippen LogP contribution in [0.1, 0.15) is 36.7 Å². The lowest BCUT2D eigenvalue weighted by Gasteiger charge is -2.21. The van der Waals surface area contributed by atoms with E-state index in [1.165, 1.54) is 20.3 Å². The van der Waals surface area contributed by atoms with E-state index in [4.69, 9.17) is 9.47 Å². The molecule has 0 aliphatic heterocycles. The van der Waals surface area contributed by atoms with Crippen molar-refractivity contribution in [1.82, 2.24) is 5.32 Å². The summed E-state index contributed by atoms with van der Waals surface area (Å²) in [6.07, 6.45) is 0. The predicted octanol–water partition coefficient (Wildman–Crippen LogP) is 2.28. The molecule has 122 valence electrons. The Morgan fingerprint density at radius 2 is 1.95 bits per heavy atom. The van der Waals surface area contributed by atoms with Gasteiger partial charge in [0.25, 0.3) is 5.91 Å². The SMILES string of the molecule is COCCNC(=O)c1cc(C(C)(C)C)cc([N+](=O)[O-])c1OC. The van der Waals surface area contributed by atoms with Gasteiger partial charge in [-0.05, 0) is 17.0 Å². The minimum atomic E-state index is -0.542. The highest BCUT2D eigenvalue weighted by molar-refractivity contribution is 5.98. The summed E-state index contributed by atoms with van der Waals surface area (Å²) in [5.41, 5.74) is 0.292. The average molecular weight is 310 g/mol. The number of ether oxygens (including phenoxy) is 2. The summed E-state index contributed by atoms with van der Waals surface area (Å²) in [4.78, 5) is 23.0. The number of carbonyl (C=O) groups excluding carboxylic acids is 1. The standard InChI is InChI=1S/C15H22N2O5/c1-15(2,3)10-8-11(14(18)16-6-7-21-4)13(22-5)12(9-10)17(19)20/h8-9H,6-7H2,1-5H3,(H,16,18). The fourth-order valence-corrected chi connectivity index (χ4v) is 1.93. The van der Waals surface area contributed by atoms with Crippen LogP contribution in [0.25, 0.3) is 0 Å². The van der Waals surface area contributed by atoms with Crippen molar-refractivity contribution < 1.29 is 19.2 Å². The molecule has 0 radical (unpaired) electrons. The number of nitro groups is 1. The highest BCUT2D eigenvalue weighted by Crippen LogP contribution is 2.36. The molecule has 1 aromatic carbocycles. The van der Waals surface area contributed by atoms with Gasteiger partial charge in [0.1, 0.15) is 0 Å². The van der Waals surface area contributed by atoms with Crippen molar-refractivity contribution in [1.29, 1.82) is 0 Å². The molecule has 0 atom stereocenters. The van der Waals surface area contributed by atoms with Crippen molar-refractivity contribution in [2.75, 3.05) is 27.4 Å². The molecule has 0 unspecified atom stereocenters. The lowest BCUT2D eigenvalue weighted by molar-refractivity contribution is -0.385. The van der Waals surface area contributed by atoms with Crippen molar-refractivity contribution in [3.8, 4) is 5.75 Å². The van der Waals surface area contributed by atoms with Gasteiger partial charge in [0.05, 0.1) is 24.2 Å². The molecule has 0 saturated heterocycles. The summed E-state index contributed by atoms with van der Waals surface area (Å²) in [6, 6.07) is 3.08. The third-order valence-corrected chi connectivity index (χ3v) is 3.17. The Morgan fingerprint density at radius 1 is 1.32 bits per heavy atom. The quantitative estimate of drug-likeness (QED) is 0.494. The fraction of sp³-hybridized carbons (Fsp3) is 0.533. The number of carbonyl (C=O) groups is 1. The molecule has 0 aliphatic carbocycles. The van der Waals surface area contributed by atoms with Crippen LogP contribution in [0.15, 0.2) is 12.1 Å². The lowest BCUT2D eigenvalue weighted by Crippen LogP contribution is -2.28. The number of amides is 1. The maximum absolute atomic E-state index is 12.3. The van der Waals surface area contributed by atoms with E-state index in [-0.39, 0.29) is 22.4 Å². The normalized spacial score (nSPS) is 11.1. The molecule has 0 aliphatic rings. The summed E-state index contributed by atoms with van der Waals surface area (Å²) in [6.45, 7) is 6.43. The monoisotopic (exact) mass is 310 g/mol. The van der Waals surface area contributed by atoms with E-state index < -0.39 is 10.8 Å². The third kappa shape index (κ3) is 4.17. The van der Waals surface area contributed by atoms with Gasteiger partial charge in [-0.15, -0.1) is 0 Å². The van der Waals surface area contributed by atoms with E-state index in [1.807, 2.05) is 20.8 Å². The Kier molecular flexibility index (Phi) is 5.87. The van der Waals surface area contributed by atoms with E-state index in [0.29, 0.717) is 18.7 Å². The number of nitro benzene ring substituents is 1. The molecule has 1 N–H and O–H groups in total. The third-order valence-electron chi connectivity index (χ3n) is 3.17. The zero-order chi connectivity index (χ0) is 16.9. The van der Waals surface area contributed by atoms with Crippen LogP contribution in [0.3, 0.4) is 0 Å². The maximum atomic E-state index is 12.3. The predicted molar refractivity (Wildman–Crippen MR) is 82.6 cm³/mol. The second kappa shape index (κ2) is 7.22. The molecule has 0 aromatic heterocycles. The highest BCUT2D eigenvalue weighted by atomic mass is 16.6. The fourth-order valence-electron chi connectivity index (χ4n) is 1.93. The molecule has 22 heavy (non-hydrogen) atoms. The van der Waals surface area contributed by atoms with Crippen LogP contribution in [-0.2, 0) is 10.2 Å². The maximum Gasteiger partial charge on any atom is 0.312 e. The van der Waals surface area contributed by atoms with Gasteiger partial charge in [-0.2, -0.15) is 0 Å². The van der Waals surface area contributed by atoms with Gasteiger partial charge in [0, 0.05) is 19.7 Å². The Hall–Kier alpha value is -2.15. The molecule has 0 fully saturated rings. The number of benzene rings is 1. The van der Waals surface area contributed by atoms with E-state index in [9.17, 15) is 14.9 Å². The Balaban J connectivity index is 3.36. The van der Waals surface area contributed by atoms with E-state index in [1.54, 1.807) is 6.07 Å². The van der Waals surface area contributed by atoms with Crippen LogP contribution < -0.4 is 10.1 Å². The number of methoxy groups -OCH3 is 2. The van der Waals surface area contributed by atoms with Gasteiger partial charge in [0.15, 0.2) is 0 Å². The zero-order valence-electron chi connectivity index (χ0n) is 13.6. The van der Waals surface area contributed by atoms with E-state index >= 15 is 0 Å². The van der Waals surface area contributed by atoms with Gasteiger partial charge in [-0.25, -0.2) is 0 Å². The smallest absolute Gasteiger partial charge is 0.312 e. The summed E-state index contributed by atoms with van der Waals surface area (Å²) in [5, 5.41) is 13.9. The molecule has 1 rings (SSSR count). The minimum Gasteiger partial charge on any atom is -0.490 e. The molecular formula is C15H22N2O5. The minimum absolute atomic E-state index is 0.0343. The summed E-state index contributed by atoms with van der Waals surface area (Å²) in [5.74, 6) is -0.462. The largest absolute Gasteiger partial charge is 0.490 e. The van der Waals surface area contributed by atoms with E-state index in [0.717, 1.165) is 0 Å².